The van der Waals surface area contributed by atoms with Gasteiger partial charge in [-0.15, -0.1) is 0 Å². The number of carbonyl (C=O) groups is 1. The van der Waals surface area contributed by atoms with Crippen LogP contribution in [-0.2, 0) is 11.2 Å². The highest BCUT2D eigenvalue weighted by Gasteiger charge is 2.02. The van der Waals surface area contributed by atoms with E-state index in [4.69, 9.17) is 0 Å². The van der Waals surface area contributed by atoms with Crippen molar-refractivity contribution in [2.45, 2.75) is 19.3 Å². The smallest absolute Gasteiger partial charge is 0.128 e. The Morgan fingerprint density at radius 2 is 2.43 bits per heavy atom. The number of aromatic nitrogens is 1. The third kappa shape index (κ3) is 3.10. The Labute approximate surface area is 92.1 Å². The van der Waals surface area contributed by atoms with Crippen molar-refractivity contribution >= 4 is 28.0 Å². The second-order valence-electron chi connectivity index (χ2n) is 2.97. The lowest BCUT2D eigenvalue weighted by Crippen LogP contribution is -1.99. The van der Waals surface area contributed by atoms with Crippen LogP contribution >= 0.6 is 15.9 Å². The zero-order valence-electron chi connectivity index (χ0n) is 8.09. The van der Waals surface area contributed by atoms with Crippen molar-refractivity contribution in [3.63, 3.8) is 0 Å². The van der Waals surface area contributed by atoms with Crippen molar-refractivity contribution in [3.05, 3.63) is 22.3 Å². The van der Waals surface area contributed by atoms with Gasteiger partial charge in [0.05, 0.1) is 0 Å². The molecule has 1 aromatic rings. The molecule has 0 amide bonds. The number of halogens is 1. The molecule has 4 heteroatoms. The molecular weight excluding hydrogens is 244 g/mol. The lowest BCUT2D eigenvalue weighted by molar-refractivity contribution is -0.107. The maximum absolute atomic E-state index is 10.2. The summed E-state index contributed by atoms with van der Waals surface area (Å²) in [5, 5.41) is 3.03. The Balaban J connectivity index is 2.71. The first-order valence-corrected chi connectivity index (χ1v) is 5.33. The van der Waals surface area contributed by atoms with Crippen molar-refractivity contribution < 1.29 is 4.79 Å². The molecule has 76 valence electrons. The average Bonchev–Trinajstić information content (AvgIpc) is 2.19. The van der Waals surface area contributed by atoms with Crippen molar-refractivity contribution in [1.82, 2.24) is 4.98 Å². The highest BCUT2D eigenvalue weighted by atomic mass is 79.9. The second-order valence-corrected chi connectivity index (χ2v) is 3.89. The molecule has 0 aliphatic heterocycles. The van der Waals surface area contributed by atoms with E-state index in [-0.39, 0.29) is 0 Å². The fraction of sp³-hybridized carbons (Fsp3) is 0.400. The number of carbonyl (C=O) groups excluding carboxylic acids is 1. The van der Waals surface area contributed by atoms with Gasteiger partial charge in [0.2, 0.25) is 0 Å². The van der Waals surface area contributed by atoms with Gasteiger partial charge < -0.3 is 10.1 Å². The predicted octanol–water partition coefficient (Wildman–Crippen LogP) is 2.41. The van der Waals surface area contributed by atoms with Crippen LogP contribution in [0.25, 0.3) is 0 Å². The van der Waals surface area contributed by atoms with Crippen LogP contribution in [0.15, 0.2) is 16.7 Å². The molecule has 14 heavy (non-hydrogen) atoms. The van der Waals surface area contributed by atoms with E-state index in [0.717, 1.165) is 35.0 Å². The minimum Gasteiger partial charge on any atom is -0.373 e. The van der Waals surface area contributed by atoms with Gasteiger partial charge in [0, 0.05) is 24.1 Å². The topological polar surface area (TPSA) is 42.0 Å². The summed E-state index contributed by atoms with van der Waals surface area (Å²) in [6, 6.07) is 2.03. The third-order valence-electron chi connectivity index (χ3n) is 1.94. The number of aryl methyl sites for hydroxylation is 1. The summed E-state index contributed by atoms with van der Waals surface area (Å²) in [7, 11) is 1.85. The van der Waals surface area contributed by atoms with Gasteiger partial charge in [0.15, 0.2) is 0 Å². The summed E-state index contributed by atoms with van der Waals surface area (Å²) in [5.41, 5.74) is 1.14. The molecule has 0 fully saturated rings. The number of anilines is 1. The molecule has 0 bridgehead atoms. The number of aldehydes is 1. The van der Waals surface area contributed by atoms with Crippen molar-refractivity contribution in [1.29, 1.82) is 0 Å². The first kappa shape index (κ1) is 11.2. The summed E-state index contributed by atoms with van der Waals surface area (Å²) in [6.45, 7) is 0. The molecule has 0 aliphatic rings. The van der Waals surface area contributed by atoms with Crippen LogP contribution in [0.4, 0.5) is 5.82 Å². The number of unbranched alkanes of at least 4 members (excludes halogenated alkanes) is 1. The largest absolute Gasteiger partial charge is 0.373 e. The zero-order valence-corrected chi connectivity index (χ0v) is 9.67. The Morgan fingerprint density at radius 3 is 3.07 bits per heavy atom. The van der Waals surface area contributed by atoms with Crippen LogP contribution in [-0.4, -0.2) is 18.3 Å². The highest BCUT2D eigenvalue weighted by molar-refractivity contribution is 9.10. The van der Waals surface area contributed by atoms with Crippen LogP contribution in [0.3, 0.4) is 0 Å². The van der Waals surface area contributed by atoms with Gasteiger partial charge in [-0.1, -0.05) is 0 Å². The Morgan fingerprint density at radius 1 is 1.64 bits per heavy atom. The standard InChI is InChI=1S/C10H13BrN2O/c1-12-10-8(4-2-3-5-14)6-9(11)7-13-10/h5-7H,2-4H2,1H3,(H,12,13). The van der Waals surface area contributed by atoms with Crippen molar-refractivity contribution in [2.24, 2.45) is 0 Å². The zero-order chi connectivity index (χ0) is 10.4. The molecule has 0 aromatic carbocycles. The van der Waals surface area contributed by atoms with E-state index >= 15 is 0 Å². The lowest BCUT2D eigenvalue weighted by atomic mass is 10.1. The number of hydrogen-bond donors (Lipinski definition) is 1. The van der Waals surface area contributed by atoms with E-state index in [2.05, 4.69) is 26.2 Å². The quantitative estimate of drug-likeness (QED) is 0.650. The van der Waals surface area contributed by atoms with Crippen molar-refractivity contribution in [3.8, 4) is 0 Å². The summed E-state index contributed by atoms with van der Waals surface area (Å²) >= 11 is 3.37. The van der Waals surface area contributed by atoms with E-state index < -0.39 is 0 Å². The normalized spacial score (nSPS) is 9.86. The van der Waals surface area contributed by atoms with Crippen LogP contribution in [0.1, 0.15) is 18.4 Å². The molecule has 0 atom stereocenters. The first-order chi connectivity index (χ1) is 6.77. The van der Waals surface area contributed by atoms with Crippen LogP contribution in [0, 0.1) is 0 Å². The molecular formula is C10H13BrN2O. The third-order valence-corrected chi connectivity index (χ3v) is 2.37. The van der Waals surface area contributed by atoms with E-state index in [1.165, 1.54) is 0 Å². The van der Waals surface area contributed by atoms with Crippen LogP contribution < -0.4 is 5.32 Å². The maximum atomic E-state index is 10.2. The summed E-state index contributed by atoms with van der Waals surface area (Å²) in [4.78, 5) is 14.4. The fourth-order valence-electron chi connectivity index (χ4n) is 1.27. The van der Waals surface area contributed by atoms with Gasteiger partial charge in [0.1, 0.15) is 12.1 Å². The molecule has 0 spiro atoms. The monoisotopic (exact) mass is 256 g/mol. The van der Waals surface area contributed by atoms with E-state index in [1.54, 1.807) is 6.20 Å². The second kappa shape index (κ2) is 5.75. The SMILES string of the molecule is CNc1ncc(Br)cc1CCCC=O. The van der Waals surface area contributed by atoms with Gasteiger partial charge in [-0.3, -0.25) is 0 Å². The predicted molar refractivity (Wildman–Crippen MR) is 60.5 cm³/mol. The minimum atomic E-state index is 0.607. The molecule has 1 N–H and O–H groups in total. The molecule has 0 radical (unpaired) electrons. The Bertz CT molecular complexity index is 315. The number of rotatable bonds is 5. The van der Waals surface area contributed by atoms with E-state index in [9.17, 15) is 4.79 Å². The number of nitrogens with one attached hydrogen (secondary N) is 1. The van der Waals surface area contributed by atoms with Crippen molar-refractivity contribution in [2.75, 3.05) is 12.4 Å². The molecule has 1 aromatic heterocycles. The number of pyridine rings is 1. The molecule has 0 saturated carbocycles. The van der Waals surface area contributed by atoms with Gasteiger partial charge in [-0.2, -0.15) is 0 Å². The van der Waals surface area contributed by atoms with Gasteiger partial charge in [0.25, 0.3) is 0 Å². The van der Waals surface area contributed by atoms with Gasteiger partial charge in [-0.05, 0) is 40.4 Å². The van der Waals surface area contributed by atoms with Crippen LogP contribution in [0.2, 0.25) is 0 Å². The molecule has 0 saturated heterocycles. The fourth-order valence-corrected chi connectivity index (χ4v) is 1.65. The van der Waals surface area contributed by atoms with Gasteiger partial charge in [-0.25, -0.2) is 4.98 Å². The number of hydrogen-bond acceptors (Lipinski definition) is 3. The molecule has 0 unspecified atom stereocenters. The highest BCUT2D eigenvalue weighted by Crippen LogP contribution is 2.19. The van der Waals surface area contributed by atoms with E-state index in [1.807, 2.05) is 13.1 Å². The molecule has 0 aliphatic carbocycles. The minimum absolute atomic E-state index is 0.607. The lowest BCUT2D eigenvalue weighted by Gasteiger charge is -2.07. The number of nitrogens with zero attached hydrogens (tertiary/aromatic N) is 1. The van der Waals surface area contributed by atoms with Gasteiger partial charge >= 0.3 is 0 Å². The summed E-state index contributed by atoms with van der Waals surface area (Å²) < 4.78 is 0.970. The molecule has 1 heterocycles. The average molecular weight is 257 g/mol. The maximum Gasteiger partial charge on any atom is 0.128 e. The summed E-state index contributed by atoms with van der Waals surface area (Å²) in [5.74, 6) is 0.888. The molecule has 3 nitrogen and oxygen atoms in total. The first-order valence-electron chi connectivity index (χ1n) is 4.53. The summed E-state index contributed by atoms with van der Waals surface area (Å²) in [6.07, 6.45) is 5.06. The van der Waals surface area contributed by atoms with Crippen LogP contribution in [0.5, 0.6) is 0 Å². The van der Waals surface area contributed by atoms with E-state index in [0.29, 0.717) is 6.42 Å². The Kier molecular flexibility index (Phi) is 4.59. The molecule has 1 rings (SSSR count). The Hall–Kier alpha value is -0.900.